The van der Waals surface area contributed by atoms with Crippen molar-refractivity contribution in [3.63, 3.8) is 0 Å². The van der Waals surface area contributed by atoms with E-state index >= 15 is 0 Å². The highest BCUT2D eigenvalue weighted by molar-refractivity contribution is 5.81. The lowest BCUT2D eigenvalue weighted by atomic mass is 10.1. The van der Waals surface area contributed by atoms with Crippen LogP contribution >= 0.6 is 0 Å². The van der Waals surface area contributed by atoms with Crippen molar-refractivity contribution < 1.29 is 19.4 Å². The standard InChI is InChI=1S/C23H31N3O4/c1-29-21-9-8-18(16-22(21)30-2)17-24-23(28)20(10-15-27)26-13-11-25(12-14-26)19-6-4-3-5-7-19/h3-9,16,20,27H,10-15,17H2,1-2H3,(H,24,28). The average molecular weight is 414 g/mol. The summed E-state index contributed by atoms with van der Waals surface area (Å²) >= 11 is 0. The van der Waals surface area contributed by atoms with Crippen LogP contribution < -0.4 is 19.7 Å². The zero-order valence-electron chi connectivity index (χ0n) is 17.7. The van der Waals surface area contributed by atoms with Gasteiger partial charge in [0.2, 0.25) is 5.91 Å². The normalized spacial score (nSPS) is 15.5. The van der Waals surface area contributed by atoms with E-state index in [9.17, 15) is 9.90 Å². The van der Waals surface area contributed by atoms with Crippen molar-refractivity contribution in [2.24, 2.45) is 0 Å². The molecule has 0 spiro atoms. The highest BCUT2D eigenvalue weighted by atomic mass is 16.5. The number of hydrogen-bond acceptors (Lipinski definition) is 6. The van der Waals surface area contributed by atoms with Gasteiger partial charge in [-0.2, -0.15) is 0 Å². The monoisotopic (exact) mass is 413 g/mol. The van der Waals surface area contributed by atoms with Gasteiger partial charge in [0, 0.05) is 45.0 Å². The van der Waals surface area contributed by atoms with Crippen LogP contribution in [0.2, 0.25) is 0 Å². The second-order valence-electron chi connectivity index (χ2n) is 7.29. The van der Waals surface area contributed by atoms with Crippen LogP contribution in [0, 0.1) is 0 Å². The molecule has 2 aromatic carbocycles. The van der Waals surface area contributed by atoms with Crippen LogP contribution in [-0.2, 0) is 11.3 Å². The molecule has 1 atom stereocenters. The van der Waals surface area contributed by atoms with E-state index in [2.05, 4.69) is 27.2 Å². The Morgan fingerprint density at radius 3 is 2.37 bits per heavy atom. The smallest absolute Gasteiger partial charge is 0.237 e. The van der Waals surface area contributed by atoms with Gasteiger partial charge in [-0.25, -0.2) is 0 Å². The Hall–Kier alpha value is -2.77. The largest absolute Gasteiger partial charge is 0.493 e. The molecule has 1 heterocycles. The summed E-state index contributed by atoms with van der Waals surface area (Å²) in [6.07, 6.45) is 0.420. The molecule has 2 aromatic rings. The average Bonchev–Trinajstić information content (AvgIpc) is 2.81. The predicted molar refractivity (Wildman–Crippen MR) is 117 cm³/mol. The van der Waals surface area contributed by atoms with Crippen LogP contribution in [0.5, 0.6) is 11.5 Å². The molecule has 1 fully saturated rings. The summed E-state index contributed by atoms with van der Waals surface area (Å²) in [5.74, 6) is 1.22. The fourth-order valence-electron chi connectivity index (χ4n) is 3.83. The molecule has 3 rings (SSSR count). The molecular weight excluding hydrogens is 382 g/mol. The number of aliphatic hydroxyl groups is 1. The number of methoxy groups -OCH3 is 2. The summed E-state index contributed by atoms with van der Waals surface area (Å²) in [7, 11) is 3.18. The SMILES string of the molecule is COc1ccc(CNC(=O)C(CCO)N2CCN(c3ccccc3)CC2)cc1OC. The van der Waals surface area contributed by atoms with Gasteiger partial charge in [-0.05, 0) is 36.2 Å². The van der Waals surface area contributed by atoms with Gasteiger partial charge < -0.3 is 24.8 Å². The molecule has 0 aromatic heterocycles. The molecule has 1 aliphatic rings. The Morgan fingerprint density at radius 1 is 1.03 bits per heavy atom. The zero-order valence-corrected chi connectivity index (χ0v) is 17.7. The van der Waals surface area contributed by atoms with E-state index in [4.69, 9.17) is 9.47 Å². The van der Waals surface area contributed by atoms with Crippen molar-refractivity contribution in [1.82, 2.24) is 10.2 Å². The van der Waals surface area contributed by atoms with Crippen LogP contribution in [0.4, 0.5) is 5.69 Å². The number of carbonyl (C=O) groups excluding carboxylic acids is 1. The summed E-state index contributed by atoms with van der Waals surface area (Å²) in [5.41, 5.74) is 2.13. The summed E-state index contributed by atoms with van der Waals surface area (Å²) in [6, 6.07) is 15.6. The quantitative estimate of drug-likeness (QED) is 0.654. The summed E-state index contributed by atoms with van der Waals surface area (Å²) < 4.78 is 10.6. The molecule has 162 valence electrons. The van der Waals surface area contributed by atoms with E-state index < -0.39 is 0 Å². The molecule has 0 radical (unpaired) electrons. The molecule has 1 amide bonds. The summed E-state index contributed by atoms with van der Waals surface area (Å²) in [4.78, 5) is 17.4. The number of piperazine rings is 1. The van der Waals surface area contributed by atoms with Crippen molar-refractivity contribution >= 4 is 11.6 Å². The van der Waals surface area contributed by atoms with Crippen molar-refractivity contribution in [3.05, 3.63) is 54.1 Å². The Bertz CT molecular complexity index is 807. The van der Waals surface area contributed by atoms with Gasteiger partial charge in [0.05, 0.1) is 20.3 Å². The Labute approximate surface area is 178 Å². The van der Waals surface area contributed by atoms with Gasteiger partial charge in [-0.1, -0.05) is 24.3 Å². The second-order valence-corrected chi connectivity index (χ2v) is 7.29. The van der Waals surface area contributed by atoms with Gasteiger partial charge in [-0.3, -0.25) is 9.69 Å². The zero-order chi connectivity index (χ0) is 21.3. The van der Waals surface area contributed by atoms with E-state index in [1.54, 1.807) is 14.2 Å². The molecule has 1 saturated heterocycles. The number of carbonyl (C=O) groups is 1. The summed E-state index contributed by atoms with van der Waals surface area (Å²) in [6.45, 7) is 3.65. The molecule has 1 aliphatic heterocycles. The lowest BCUT2D eigenvalue weighted by Crippen LogP contribution is -2.55. The highest BCUT2D eigenvalue weighted by Gasteiger charge is 2.28. The number of amides is 1. The number of nitrogens with zero attached hydrogens (tertiary/aromatic N) is 2. The topological polar surface area (TPSA) is 74.3 Å². The van der Waals surface area contributed by atoms with Gasteiger partial charge >= 0.3 is 0 Å². The van der Waals surface area contributed by atoms with Gasteiger partial charge in [0.15, 0.2) is 11.5 Å². The molecule has 2 N–H and O–H groups in total. The number of hydrogen-bond donors (Lipinski definition) is 2. The van der Waals surface area contributed by atoms with Crippen molar-refractivity contribution in [3.8, 4) is 11.5 Å². The molecule has 30 heavy (non-hydrogen) atoms. The van der Waals surface area contributed by atoms with Crippen LogP contribution in [-0.4, -0.2) is 69.0 Å². The third-order valence-electron chi connectivity index (χ3n) is 5.50. The van der Waals surface area contributed by atoms with E-state index in [-0.39, 0.29) is 18.6 Å². The third-order valence-corrected chi connectivity index (χ3v) is 5.50. The first-order valence-corrected chi connectivity index (χ1v) is 10.3. The van der Waals surface area contributed by atoms with E-state index in [0.29, 0.717) is 24.5 Å². The number of anilines is 1. The van der Waals surface area contributed by atoms with E-state index in [1.807, 2.05) is 36.4 Å². The molecule has 7 nitrogen and oxygen atoms in total. The maximum absolute atomic E-state index is 12.9. The number of para-hydroxylation sites is 1. The lowest BCUT2D eigenvalue weighted by Gasteiger charge is -2.39. The van der Waals surface area contributed by atoms with E-state index in [0.717, 1.165) is 31.7 Å². The summed E-state index contributed by atoms with van der Waals surface area (Å²) in [5, 5.41) is 12.5. The Kier molecular flexibility index (Phi) is 7.93. The molecular formula is C23H31N3O4. The van der Waals surface area contributed by atoms with Crippen LogP contribution in [0.1, 0.15) is 12.0 Å². The lowest BCUT2D eigenvalue weighted by molar-refractivity contribution is -0.127. The fourth-order valence-corrected chi connectivity index (χ4v) is 3.83. The van der Waals surface area contributed by atoms with Gasteiger partial charge in [0.1, 0.15) is 0 Å². The number of benzene rings is 2. The van der Waals surface area contributed by atoms with Crippen molar-refractivity contribution in [1.29, 1.82) is 0 Å². The minimum atomic E-state index is -0.340. The van der Waals surface area contributed by atoms with Gasteiger partial charge in [-0.15, -0.1) is 0 Å². The minimum absolute atomic E-state index is 0.0205. The van der Waals surface area contributed by atoms with Crippen molar-refractivity contribution in [2.75, 3.05) is 51.9 Å². The fraction of sp³-hybridized carbons (Fsp3) is 0.435. The molecule has 0 saturated carbocycles. The second kappa shape index (κ2) is 10.8. The Balaban J connectivity index is 1.57. The third kappa shape index (κ3) is 5.43. The van der Waals surface area contributed by atoms with E-state index in [1.165, 1.54) is 5.69 Å². The van der Waals surface area contributed by atoms with Gasteiger partial charge in [0.25, 0.3) is 0 Å². The first kappa shape index (κ1) is 21.9. The first-order valence-electron chi connectivity index (χ1n) is 10.3. The highest BCUT2D eigenvalue weighted by Crippen LogP contribution is 2.27. The number of aliphatic hydroxyl groups excluding tert-OH is 1. The number of ether oxygens (including phenoxy) is 2. The number of rotatable bonds is 9. The number of nitrogens with one attached hydrogen (secondary N) is 1. The maximum Gasteiger partial charge on any atom is 0.237 e. The van der Waals surface area contributed by atoms with Crippen LogP contribution in [0.3, 0.4) is 0 Å². The molecule has 7 heteroatoms. The Morgan fingerprint density at radius 2 is 1.73 bits per heavy atom. The predicted octanol–water partition coefficient (Wildman–Crippen LogP) is 1.89. The van der Waals surface area contributed by atoms with Crippen LogP contribution in [0.15, 0.2) is 48.5 Å². The maximum atomic E-state index is 12.9. The minimum Gasteiger partial charge on any atom is -0.493 e. The van der Waals surface area contributed by atoms with Crippen molar-refractivity contribution in [2.45, 2.75) is 19.0 Å². The molecule has 1 unspecified atom stereocenters. The van der Waals surface area contributed by atoms with Crippen LogP contribution in [0.25, 0.3) is 0 Å². The molecule has 0 aliphatic carbocycles. The first-order chi connectivity index (χ1) is 14.7. The molecule has 0 bridgehead atoms.